The number of rotatable bonds is 5. The summed E-state index contributed by atoms with van der Waals surface area (Å²) in [6.07, 6.45) is 0. The molecule has 0 atom stereocenters. The van der Waals surface area contributed by atoms with Gasteiger partial charge >= 0.3 is 0 Å². The summed E-state index contributed by atoms with van der Waals surface area (Å²) in [5.41, 5.74) is -0.648. The lowest BCUT2D eigenvalue weighted by molar-refractivity contribution is -0.384. The minimum atomic E-state index is -4.38. The molecule has 12 heteroatoms. The van der Waals surface area contributed by atoms with Crippen LogP contribution in [-0.2, 0) is 10.0 Å². The highest BCUT2D eigenvalue weighted by atomic mass is 32.2. The molecular weight excluding hydrogens is 396 g/mol. The molecule has 0 amide bonds. The Balaban J connectivity index is 2.18. The highest BCUT2D eigenvalue weighted by Crippen LogP contribution is 2.31. The fraction of sp³-hybridized carbons (Fsp3) is 0.200. The number of nitro groups is 1. The second kappa shape index (κ2) is 6.63. The molecule has 1 N–H and O–H groups in total. The van der Waals surface area contributed by atoms with Gasteiger partial charge in [-0.2, -0.15) is 0 Å². The predicted octanol–water partition coefficient (Wildman–Crippen LogP) is 2.09. The molecule has 142 valence electrons. The number of aryl methyl sites for hydroxylation is 2. The van der Waals surface area contributed by atoms with Crippen molar-refractivity contribution in [1.82, 2.24) is 9.38 Å². The van der Waals surface area contributed by atoms with Crippen LogP contribution in [0, 0.1) is 24.0 Å². The number of anilines is 1. The third-order valence-electron chi connectivity index (χ3n) is 3.78. The molecule has 2 aromatic heterocycles. The van der Waals surface area contributed by atoms with Crippen LogP contribution in [0.25, 0.3) is 4.96 Å². The standard InChI is InChI=1S/C15H14N4O6S2/c1-8-7-26-15-16-9(2)13(14(20)18(8)15)27(23,24)17-11-6-10(19(21)22)4-5-12(11)25-3/h4-7,17H,1-3H3. The normalized spacial score (nSPS) is 11.5. The number of nitrogens with one attached hydrogen (secondary N) is 1. The van der Waals surface area contributed by atoms with E-state index < -0.39 is 25.4 Å². The van der Waals surface area contributed by atoms with Crippen molar-refractivity contribution in [2.45, 2.75) is 18.7 Å². The topological polar surface area (TPSA) is 133 Å². The van der Waals surface area contributed by atoms with Crippen LogP contribution in [0.1, 0.15) is 11.4 Å². The Labute approximate surface area is 157 Å². The van der Waals surface area contributed by atoms with Gasteiger partial charge in [-0.3, -0.25) is 24.0 Å². The average molecular weight is 410 g/mol. The number of hydrogen-bond donors (Lipinski definition) is 1. The molecule has 27 heavy (non-hydrogen) atoms. The van der Waals surface area contributed by atoms with Crippen molar-refractivity contribution in [1.29, 1.82) is 0 Å². The number of nitro benzene ring substituents is 1. The van der Waals surface area contributed by atoms with Gasteiger partial charge in [0.25, 0.3) is 21.3 Å². The van der Waals surface area contributed by atoms with E-state index in [-0.39, 0.29) is 22.8 Å². The van der Waals surface area contributed by atoms with E-state index in [1.807, 2.05) is 0 Å². The maximum atomic E-state index is 12.9. The summed E-state index contributed by atoms with van der Waals surface area (Å²) in [4.78, 5) is 27.1. The molecule has 3 rings (SSSR count). The summed E-state index contributed by atoms with van der Waals surface area (Å²) in [6, 6.07) is 3.46. The number of sulfonamides is 1. The van der Waals surface area contributed by atoms with E-state index in [1.54, 1.807) is 12.3 Å². The lowest BCUT2D eigenvalue weighted by Crippen LogP contribution is -2.28. The van der Waals surface area contributed by atoms with Gasteiger partial charge in [0.05, 0.1) is 23.4 Å². The number of hydrogen-bond acceptors (Lipinski definition) is 8. The molecule has 0 aliphatic rings. The second-order valence-corrected chi connectivity index (χ2v) is 8.03. The summed E-state index contributed by atoms with van der Waals surface area (Å²) in [5, 5.41) is 12.7. The molecule has 0 radical (unpaired) electrons. The van der Waals surface area contributed by atoms with Crippen LogP contribution in [0.2, 0.25) is 0 Å². The first-order valence-electron chi connectivity index (χ1n) is 7.48. The summed E-state index contributed by atoms with van der Waals surface area (Å²) in [6.45, 7) is 3.07. The van der Waals surface area contributed by atoms with Gasteiger partial charge in [0.15, 0.2) is 9.86 Å². The molecule has 0 fully saturated rings. The number of nitrogens with zero attached hydrogens (tertiary/aromatic N) is 3. The van der Waals surface area contributed by atoms with E-state index in [9.17, 15) is 23.3 Å². The van der Waals surface area contributed by atoms with E-state index in [1.165, 1.54) is 41.9 Å². The van der Waals surface area contributed by atoms with Gasteiger partial charge in [0.2, 0.25) is 0 Å². The zero-order chi connectivity index (χ0) is 19.9. The lowest BCUT2D eigenvalue weighted by atomic mass is 10.2. The van der Waals surface area contributed by atoms with Crippen LogP contribution >= 0.6 is 11.3 Å². The van der Waals surface area contributed by atoms with E-state index >= 15 is 0 Å². The first-order chi connectivity index (χ1) is 12.7. The van der Waals surface area contributed by atoms with Crippen molar-refractivity contribution >= 4 is 37.7 Å². The Morgan fingerprint density at radius 1 is 1.33 bits per heavy atom. The summed E-state index contributed by atoms with van der Waals surface area (Å²) in [5.74, 6) is 0.0719. The van der Waals surface area contributed by atoms with Gasteiger partial charge in [-0.1, -0.05) is 0 Å². The molecule has 3 aromatic rings. The van der Waals surface area contributed by atoms with Crippen molar-refractivity contribution in [3.05, 3.63) is 55.4 Å². The molecule has 0 unspecified atom stereocenters. The number of methoxy groups -OCH3 is 1. The summed E-state index contributed by atoms with van der Waals surface area (Å²) >= 11 is 1.22. The number of thiazole rings is 1. The van der Waals surface area contributed by atoms with E-state index in [2.05, 4.69) is 9.71 Å². The fourth-order valence-electron chi connectivity index (χ4n) is 2.56. The van der Waals surface area contributed by atoms with Gasteiger partial charge in [0, 0.05) is 23.2 Å². The van der Waals surface area contributed by atoms with Crippen molar-refractivity contribution in [2.24, 2.45) is 0 Å². The van der Waals surface area contributed by atoms with Gasteiger partial charge in [-0.05, 0) is 19.9 Å². The molecule has 10 nitrogen and oxygen atoms in total. The molecule has 0 saturated heterocycles. The maximum Gasteiger partial charge on any atom is 0.279 e. The first-order valence-corrected chi connectivity index (χ1v) is 9.84. The summed E-state index contributed by atoms with van der Waals surface area (Å²) < 4.78 is 34.2. The monoisotopic (exact) mass is 410 g/mol. The van der Waals surface area contributed by atoms with Crippen LogP contribution in [0.15, 0.2) is 33.3 Å². The quantitative estimate of drug-likeness (QED) is 0.503. The largest absolute Gasteiger partial charge is 0.495 e. The molecular formula is C15H14N4O6S2. The zero-order valence-corrected chi connectivity index (χ0v) is 16.1. The number of ether oxygens (including phenoxy) is 1. The Morgan fingerprint density at radius 2 is 2.04 bits per heavy atom. The van der Waals surface area contributed by atoms with E-state index in [0.717, 1.165) is 6.07 Å². The number of fused-ring (bicyclic) bond motifs is 1. The van der Waals surface area contributed by atoms with Crippen molar-refractivity contribution in [3.63, 3.8) is 0 Å². The Morgan fingerprint density at radius 3 is 2.67 bits per heavy atom. The molecule has 0 aliphatic heterocycles. The highest BCUT2D eigenvalue weighted by molar-refractivity contribution is 7.92. The maximum absolute atomic E-state index is 12.9. The summed E-state index contributed by atoms with van der Waals surface area (Å²) in [7, 11) is -3.09. The average Bonchev–Trinajstić information content (AvgIpc) is 2.95. The fourth-order valence-corrected chi connectivity index (χ4v) is 4.77. The van der Waals surface area contributed by atoms with Gasteiger partial charge in [-0.15, -0.1) is 11.3 Å². The lowest BCUT2D eigenvalue weighted by Gasteiger charge is -2.12. The van der Waals surface area contributed by atoms with Crippen molar-refractivity contribution in [2.75, 3.05) is 11.8 Å². The predicted molar refractivity (Wildman–Crippen MR) is 99.3 cm³/mol. The zero-order valence-electron chi connectivity index (χ0n) is 14.4. The molecule has 0 saturated carbocycles. The molecule has 0 aliphatic carbocycles. The minimum Gasteiger partial charge on any atom is -0.495 e. The third kappa shape index (κ3) is 3.24. The van der Waals surface area contributed by atoms with Crippen LogP contribution in [0.5, 0.6) is 5.75 Å². The van der Waals surface area contributed by atoms with Gasteiger partial charge in [0.1, 0.15) is 5.75 Å². The molecule has 2 heterocycles. The number of non-ortho nitro benzene ring substituents is 1. The smallest absolute Gasteiger partial charge is 0.279 e. The number of benzene rings is 1. The highest BCUT2D eigenvalue weighted by Gasteiger charge is 2.27. The Hall–Kier alpha value is -2.99. The molecule has 0 spiro atoms. The third-order valence-corrected chi connectivity index (χ3v) is 6.21. The van der Waals surface area contributed by atoms with Crippen molar-refractivity contribution < 1.29 is 18.1 Å². The number of aromatic nitrogens is 2. The van der Waals surface area contributed by atoms with Gasteiger partial charge in [-0.25, -0.2) is 13.4 Å². The Bertz CT molecular complexity index is 1230. The molecule has 0 bridgehead atoms. The Kier molecular flexibility index (Phi) is 4.61. The second-order valence-electron chi connectivity index (χ2n) is 5.57. The minimum absolute atomic E-state index is 0.0266. The van der Waals surface area contributed by atoms with Crippen LogP contribution in [-0.4, -0.2) is 29.8 Å². The van der Waals surface area contributed by atoms with Crippen LogP contribution in [0.3, 0.4) is 0 Å². The molecule has 1 aromatic carbocycles. The van der Waals surface area contributed by atoms with Crippen LogP contribution < -0.4 is 15.0 Å². The van der Waals surface area contributed by atoms with Crippen LogP contribution in [0.4, 0.5) is 11.4 Å². The SMILES string of the molecule is COc1ccc([N+](=O)[O-])cc1NS(=O)(=O)c1c(C)nc2scc(C)n2c1=O. The van der Waals surface area contributed by atoms with E-state index in [4.69, 9.17) is 4.74 Å². The first kappa shape index (κ1) is 18.8. The van der Waals surface area contributed by atoms with E-state index in [0.29, 0.717) is 10.7 Å². The van der Waals surface area contributed by atoms with Crippen molar-refractivity contribution in [3.8, 4) is 5.75 Å². The van der Waals surface area contributed by atoms with Gasteiger partial charge < -0.3 is 4.74 Å².